The lowest BCUT2D eigenvalue weighted by Crippen LogP contribution is -2.53. The van der Waals surface area contributed by atoms with Gasteiger partial charge in [-0.15, -0.1) is 0 Å². The number of benzene rings is 5. The zero-order valence-electron chi connectivity index (χ0n) is 21.6. The molecule has 0 bridgehead atoms. The molecule has 6 rings (SSSR count). The van der Waals surface area contributed by atoms with Gasteiger partial charge in [-0.3, -0.25) is 9.69 Å². The van der Waals surface area contributed by atoms with Gasteiger partial charge in [-0.1, -0.05) is 152 Å². The minimum Gasteiger partial charge on any atom is -0.280 e. The van der Waals surface area contributed by atoms with Crippen molar-refractivity contribution in [1.29, 1.82) is 0 Å². The first-order chi connectivity index (χ1) is 19.3. The Morgan fingerprint density at radius 3 is 1.54 bits per heavy atom. The second-order valence-corrected chi connectivity index (χ2v) is 9.74. The second kappa shape index (κ2) is 10.8. The largest absolute Gasteiger partial charge is 0.280 e. The number of anilines is 1. The van der Waals surface area contributed by atoms with Gasteiger partial charge in [0.25, 0.3) is 0 Å². The van der Waals surface area contributed by atoms with E-state index < -0.39 is 5.41 Å². The molecule has 1 amide bonds. The van der Waals surface area contributed by atoms with E-state index in [9.17, 15) is 0 Å². The normalized spacial score (nSPS) is 16.7. The predicted octanol–water partition coefficient (Wildman–Crippen LogP) is 8.40. The van der Waals surface area contributed by atoms with Gasteiger partial charge in [-0.25, -0.2) is 0 Å². The molecule has 1 aliphatic rings. The number of rotatable bonds is 6. The van der Waals surface area contributed by atoms with Crippen molar-refractivity contribution in [2.75, 3.05) is 4.90 Å². The summed E-state index contributed by atoms with van der Waals surface area (Å²) in [4.78, 5) is 17.2. The number of amides is 1. The zero-order valence-corrected chi connectivity index (χ0v) is 21.6. The van der Waals surface area contributed by atoms with Crippen molar-refractivity contribution < 1.29 is 4.79 Å². The summed E-state index contributed by atoms with van der Waals surface area (Å²) < 4.78 is 0. The molecule has 1 aliphatic heterocycles. The Morgan fingerprint density at radius 1 is 0.538 bits per heavy atom. The smallest absolute Gasteiger partial charge is 0.247 e. The first-order valence-corrected chi connectivity index (χ1v) is 13.3. The summed E-state index contributed by atoms with van der Waals surface area (Å²) in [5.41, 5.74) is 4.84. The van der Waals surface area contributed by atoms with Crippen LogP contribution in [0.25, 0.3) is 6.08 Å². The van der Waals surface area contributed by atoms with Crippen LogP contribution in [0.1, 0.15) is 28.2 Å². The zero-order chi connectivity index (χ0) is 26.5. The van der Waals surface area contributed by atoms with Crippen molar-refractivity contribution >= 4 is 17.7 Å². The lowest BCUT2D eigenvalue weighted by molar-refractivity contribution is -0.123. The maximum absolute atomic E-state index is 15.3. The van der Waals surface area contributed by atoms with Crippen molar-refractivity contribution in [3.05, 3.63) is 192 Å². The molecule has 0 aliphatic carbocycles. The molecule has 1 atom stereocenters. The first kappa shape index (κ1) is 24.4. The summed E-state index contributed by atoms with van der Waals surface area (Å²) in [6, 6.07) is 51.0. The average molecular weight is 504 g/mol. The minimum atomic E-state index is -0.968. The van der Waals surface area contributed by atoms with Crippen LogP contribution in [0.15, 0.2) is 170 Å². The fourth-order valence-corrected chi connectivity index (χ4v) is 5.70. The van der Waals surface area contributed by atoms with Gasteiger partial charge in [-0.2, -0.15) is 0 Å². The van der Waals surface area contributed by atoms with Crippen molar-refractivity contribution in [3.8, 4) is 0 Å². The van der Waals surface area contributed by atoms with E-state index in [4.69, 9.17) is 0 Å². The van der Waals surface area contributed by atoms with Gasteiger partial charge in [-0.05, 0) is 40.5 Å². The van der Waals surface area contributed by atoms with Crippen LogP contribution in [0.2, 0.25) is 0 Å². The Bertz CT molecular complexity index is 1550. The molecule has 39 heavy (non-hydrogen) atoms. The van der Waals surface area contributed by atoms with Gasteiger partial charge in [0.1, 0.15) is 5.41 Å². The molecule has 0 radical (unpaired) electrons. The lowest BCUT2D eigenvalue weighted by atomic mass is 9.61. The molecule has 0 fully saturated rings. The fraction of sp³-hybridized carbons (Fsp3) is 0.0541. The number of allylic oxidation sites excluding steroid dienone is 2. The highest BCUT2D eigenvalue weighted by Gasteiger charge is 2.53. The van der Waals surface area contributed by atoms with Crippen LogP contribution in [0.5, 0.6) is 0 Å². The summed E-state index contributed by atoms with van der Waals surface area (Å²) in [5.74, 6) is -0.207. The minimum absolute atomic E-state index is 0.0233. The van der Waals surface area contributed by atoms with Gasteiger partial charge < -0.3 is 0 Å². The third-order valence-corrected chi connectivity index (χ3v) is 7.48. The van der Waals surface area contributed by atoms with E-state index in [1.807, 2.05) is 95.9 Å². The lowest BCUT2D eigenvalue weighted by Gasteiger charge is -2.47. The molecule has 5 aromatic rings. The Labute approximate surface area is 230 Å². The summed E-state index contributed by atoms with van der Waals surface area (Å²) in [6.07, 6.45) is 6.41. The van der Waals surface area contributed by atoms with Crippen molar-refractivity contribution in [1.82, 2.24) is 0 Å². The first-order valence-electron chi connectivity index (χ1n) is 13.3. The van der Waals surface area contributed by atoms with Crippen LogP contribution in [0.4, 0.5) is 5.69 Å². The van der Waals surface area contributed by atoms with Crippen LogP contribution in [0.3, 0.4) is 0 Å². The highest BCUT2D eigenvalue weighted by Crippen LogP contribution is 2.51. The molecule has 1 heterocycles. The highest BCUT2D eigenvalue weighted by molar-refractivity contribution is 6.09. The van der Waals surface area contributed by atoms with Crippen LogP contribution < -0.4 is 4.90 Å². The van der Waals surface area contributed by atoms with E-state index in [1.54, 1.807) is 0 Å². The van der Waals surface area contributed by atoms with E-state index in [0.29, 0.717) is 0 Å². The maximum Gasteiger partial charge on any atom is 0.247 e. The number of hydrogen-bond donors (Lipinski definition) is 0. The van der Waals surface area contributed by atoms with Gasteiger partial charge >= 0.3 is 0 Å². The van der Waals surface area contributed by atoms with E-state index >= 15 is 4.79 Å². The number of carbonyl (C=O) groups excluding carboxylic acids is 1. The summed E-state index contributed by atoms with van der Waals surface area (Å²) in [7, 11) is 0. The molecule has 0 N–H and O–H groups in total. The van der Waals surface area contributed by atoms with Gasteiger partial charge in [0.05, 0.1) is 0 Å². The van der Waals surface area contributed by atoms with E-state index in [1.165, 1.54) is 0 Å². The SMILES string of the molecule is O=C1N(c2ccccc2)C(/C=C/c2ccccc2)=C[C@@H](c2ccccc2)C1(c1ccccc1)c1ccccc1. The standard InChI is InChI=1S/C37H29NO/c39-36-37(31-20-10-3-11-21-31,32-22-12-4-13-23-32)35(30-18-8-2-9-19-30)28-34(27-26-29-16-6-1-7-17-29)38(36)33-24-14-5-15-25-33/h1-28,35H/b27-26+/t35-/m0/s1. The van der Waals surface area contributed by atoms with Gasteiger partial charge in [0.15, 0.2) is 0 Å². The molecule has 0 unspecified atom stereocenters. The number of para-hydroxylation sites is 1. The Kier molecular flexibility index (Phi) is 6.76. The number of hydrogen-bond acceptors (Lipinski definition) is 1. The molecule has 2 heteroatoms. The Hall–Kier alpha value is -4.95. The summed E-state index contributed by atoms with van der Waals surface area (Å²) in [5, 5.41) is 0. The number of carbonyl (C=O) groups is 1. The highest BCUT2D eigenvalue weighted by atomic mass is 16.2. The summed E-state index contributed by atoms with van der Waals surface area (Å²) >= 11 is 0. The van der Waals surface area contributed by atoms with Crippen molar-refractivity contribution in [3.63, 3.8) is 0 Å². The predicted molar refractivity (Wildman–Crippen MR) is 160 cm³/mol. The molecule has 0 saturated heterocycles. The molecular weight excluding hydrogens is 474 g/mol. The molecule has 0 saturated carbocycles. The van der Waals surface area contributed by atoms with Crippen molar-refractivity contribution in [2.24, 2.45) is 0 Å². The van der Waals surface area contributed by atoms with E-state index in [-0.39, 0.29) is 11.8 Å². The fourth-order valence-electron chi connectivity index (χ4n) is 5.70. The quantitative estimate of drug-likeness (QED) is 0.228. The van der Waals surface area contributed by atoms with Crippen LogP contribution >= 0.6 is 0 Å². The third kappa shape index (κ3) is 4.51. The second-order valence-electron chi connectivity index (χ2n) is 9.74. The topological polar surface area (TPSA) is 20.3 Å². The van der Waals surface area contributed by atoms with Crippen LogP contribution in [-0.2, 0) is 10.2 Å². The van der Waals surface area contributed by atoms with Crippen LogP contribution in [-0.4, -0.2) is 5.91 Å². The van der Waals surface area contributed by atoms with Crippen molar-refractivity contribution in [2.45, 2.75) is 11.3 Å². The third-order valence-electron chi connectivity index (χ3n) is 7.48. The van der Waals surface area contributed by atoms with E-state index in [2.05, 4.69) is 78.9 Å². The van der Waals surface area contributed by atoms with Gasteiger partial charge in [0.2, 0.25) is 5.91 Å². The maximum atomic E-state index is 15.3. The monoisotopic (exact) mass is 503 g/mol. The molecule has 0 spiro atoms. The molecule has 0 aromatic heterocycles. The molecule has 188 valence electrons. The van der Waals surface area contributed by atoms with Gasteiger partial charge in [0, 0.05) is 17.3 Å². The molecule has 2 nitrogen and oxygen atoms in total. The Balaban J connectivity index is 1.67. The Morgan fingerprint density at radius 2 is 1.00 bits per heavy atom. The molecule has 5 aromatic carbocycles. The number of nitrogens with zero attached hydrogens (tertiary/aromatic N) is 1. The average Bonchev–Trinajstić information content (AvgIpc) is 3.02. The van der Waals surface area contributed by atoms with Crippen LogP contribution in [0, 0.1) is 0 Å². The van der Waals surface area contributed by atoms with E-state index in [0.717, 1.165) is 33.6 Å². The summed E-state index contributed by atoms with van der Waals surface area (Å²) in [6.45, 7) is 0. The molecular formula is C37H29NO.